The number of carbonyl (C=O) groups excluding carboxylic acids is 2. The molecule has 0 unspecified atom stereocenters. The number of rotatable bonds is 6. The van der Waals surface area contributed by atoms with Gasteiger partial charge in [0.1, 0.15) is 0 Å². The van der Waals surface area contributed by atoms with E-state index in [0.717, 1.165) is 24.8 Å². The van der Waals surface area contributed by atoms with E-state index in [4.69, 9.17) is 9.15 Å². The highest BCUT2D eigenvalue weighted by molar-refractivity contribution is 5.83. The lowest BCUT2D eigenvalue weighted by Crippen LogP contribution is -2.39. The van der Waals surface area contributed by atoms with Crippen LogP contribution >= 0.6 is 0 Å². The molecule has 2 aromatic carbocycles. The molecule has 0 aliphatic heterocycles. The Morgan fingerprint density at radius 2 is 1.97 bits per heavy atom. The second kappa shape index (κ2) is 8.57. The Labute approximate surface area is 173 Å². The Balaban J connectivity index is 1.33. The minimum atomic E-state index is -0.913. The van der Waals surface area contributed by atoms with Gasteiger partial charge in [0.05, 0.1) is 18.0 Å². The zero-order valence-corrected chi connectivity index (χ0v) is 16.8. The van der Waals surface area contributed by atoms with Crippen molar-refractivity contribution >= 4 is 23.0 Å². The van der Waals surface area contributed by atoms with Crippen LogP contribution in [0.25, 0.3) is 11.1 Å². The summed E-state index contributed by atoms with van der Waals surface area (Å²) in [4.78, 5) is 36.8. The van der Waals surface area contributed by atoms with Crippen molar-refractivity contribution < 1.29 is 18.7 Å². The number of ether oxygens (including phenoxy) is 1. The first-order valence-corrected chi connectivity index (χ1v) is 10.2. The van der Waals surface area contributed by atoms with Crippen LogP contribution < -0.4 is 11.1 Å². The van der Waals surface area contributed by atoms with Crippen molar-refractivity contribution in [3.8, 4) is 0 Å². The van der Waals surface area contributed by atoms with Crippen LogP contribution in [-0.2, 0) is 27.3 Å². The van der Waals surface area contributed by atoms with Gasteiger partial charge in [0, 0.05) is 6.54 Å². The number of aryl methyl sites for hydroxylation is 2. The molecule has 1 amide bonds. The monoisotopic (exact) mass is 408 g/mol. The molecular formula is C23H24N2O5. The predicted molar refractivity (Wildman–Crippen MR) is 111 cm³/mol. The number of oxazole rings is 1. The zero-order chi connectivity index (χ0) is 21.1. The normalized spacial score (nSPS) is 16.6. The Kier molecular flexibility index (Phi) is 5.70. The molecule has 4 rings (SSSR count). The highest BCUT2D eigenvalue weighted by atomic mass is 16.5. The van der Waals surface area contributed by atoms with Crippen molar-refractivity contribution in [3.05, 3.63) is 70.2 Å². The number of hydrogen-bond acceptors (Lipinski definition) is 5. The van der Waals surface area contributed by atoms with E-state index >= 15 is 0 Å². The molecule has 1 aliphatic carbocycles. The highest BCUT2D eigenvalue weighted by Crippen LogP contribution is 2.29. The molecule has 1 N–H and O–H groups in total. The van der Waals surface area contributed by atoms with Gasteiger partial charge in [-0.2, -0.15) is 0 Å². The number of nitrogens with zero attached hydrogens (tertiary/aromatic N) is 1. The number of aromatic nitrogens is 1. The number of hydrogen-bond donors (Lipinski definition) is 1. The summed E-state index contributed by atoms with van der Waals surface area (Å²) in [7, 11) is 0. The summed E-state index contributed by atoms with van der Waals surface area (Å²) in [6, 6.07) is 15.0. The lowest BCUT2D eigenvalue weighted by molar-refractivity contribution is -0.155. The Morgan fingerprint density at radius 3 is 2.83 bits per heavy atom. The summed E-state index contributed by atoms with van der Waals surface area (Å²) in [6.07, 6.45) is 1.93. The molecule has 1 aliphatic rings. The molecule has 0 fully saturated rings. The molecule has 2 atom stereocenters. The third-order valence-electron chi connectivity index (χ3n) is 5.48. The first-order valence-electron chi connectivity index (χ1n) is 10.2. The summed E-state index contributed by atoms with van der Waals surface area (Å²) >= 11 is 0. The molecule has 1 aromatic heterocycles. The Bertz CT molecular complexity index is 1130. The summed E-state index contributed by atoms with van der Waals surface area (Å²) in [6.45, 7) is 1.68. The van der Waals surface area contributed by atoms with Gasteiger partial charge in [0.15, 0.2) is 11.7 Å². The second-order valence-corrected chi connectivity index (χ2v) is 7.52. The molecule has 7 nitrogen and oxygen atoms in total. The molecule has 7 heteroatoms. The van der Waals surface area contributed by atoms with Crippen molar-refractivity contribution in [3.63, 3.8) is 0 Å². The molecule has 0 spiro atoms. The summed E-state index contributed by atoms with van der Waals surface area (Å²) < 4.78 is 11.8. The molecule has 0 saturated carbocycles. The van der Waals surface area contributed by atoms with Gasteiger partial charge in [0.25, 0.3) is 5.91 Å². The minimum absolute atomic E-state index is 0.0344. The summed E-state index contributed by atoms with van der Waals surface area (Å²) in [5.41, 5.74) is 3.46. The minimum Gasteiger partial charge on any atom is -0.452 e. The van der Waals surface area contributed by atoms with Gasteiger partial charge in [-0.3, -0.25) is 14.2 Å². The van der Waals surface area contributed by atoms with Crippen molar-refractivity contribution in [2.45, 2.75) is 51.3 Å². The number of esters is 1. The van der Waals surface area contributed by atoms with E-state index in [1.807, 2.05) is 18.2 Å². The maximum atomic E-state index is 12.6. The van der Waals surface area contributed by atoms with Crippen LogP contribution in [0.4, 0.5) is 0 Å². The predicted octanol–water partition coefficient (Wildman–Crippen LogP) is 3.11. The molecule has 156 valence electrons. The third-order valence-corrected chi connectivity index (χ3v) is 5.48. The number of nitrogens with one attached hydrogen (secondary N) is 1. The molecule has 3 aromatic rings. The number of benzene rings is 2. The van der Waals surface area contributed by atoms with E-state index in [1.165, 1.54) is 10.1 Å². The van der Waals surface area contributed by atoms with Gasteiger partial charge >= 0.3 is 11.7 Å². The van der Waals surface area contributed by atoms with E-state index in [9.17, 15) is 14.4 Å². The van der Waals surface area contributed by atoms with E-state index < -0.39 is 17.8 Å². The van der Waals surface area contributed by atoms with Gasteiger partial charge in [-0.1, -0.05) is 36.4 Å². The molecule has 0 radical (unpaired) electrons. The molecule has 30 heavy (non-hydrogen) atoms. The van der Waals surface area contributed by atoms with Crippen LogP contribution in [0.3, 0.4) is 0 Å². The van der Waals surface area contributed by atoms with Crippen LogP contribution in [0.1, 0.15) is 43.4 Å². The SMILES string of the molecule is C[C@H](OC(=O)CCn1c(=O)oc2ccccc21)C(=O)N[C@@H]1CCCc2ccccc21. The van der Waals surface area contributed by atoms with Gasteiger partial charge in [-0.25, -0.2) is 4.79 Å². The fourth-order valence-corrected chi connectivity index (χ4v) is 3.93. The molecular weight excluding hydrogens is 384 g/mol. The first-order chi connectivity index (χ1) is 14.5. The van der Waals surface area contributed by atoms with Gasteiger partial charge in [0.2, 0.25) is 0 Å². The van der Waals surface area contributed by atoms with E-state index in [1.54, 1.807) is 31.2 Å². The van der Waals surface area contributed by atoms with Gasteiger partial charge in [-0.15, -0.1) is 0 Å². The molecule has 0 saturated heterocycles. The van der Waals surface area contributed by atoms with Crippen molar-refractivity contribution in [2.24, 2.45) is 0 Å². The standard InChI is InChI=1S/C23H24N2O5/c1-15(22(27)24-18-10-6-8-16-7-2-3-9-17(16)18)29-21(26)13-14-25-19-11-4-5-12-20(19)30-23(25)28/h2-5,7,9,11-12,15,18H,6,8,10,13-14H2,1H3,(H,24,27)/t15-,18+/m0/s1. The average molecular weight is 408 g/mol. The van der Waals surface area contributed by atoms with Crippen LogP contribution in [0.15, 0.2) is 57.7 Å². The number of fused-ring (bicyclic) bond motifs is 2. The quantitative estimate of drug-likeness (QED) is 0.633. The molecule has 1 heterocycles. The van der Waals surface area contributed by atoms with Gasteiger partial charge < -0.3 is 14.5 Å². The van der Waals surface area contributed by atoms with Crippen molar-refractivity contribution in [1.82, 2.24) is 9.88 Å². The second-order valence-electron chi connectivity index (χ2n) is 7.52. The maximum Gasteiger partial charge on any atom is 0.419 e. The fourth-order valence-electron chi connectivity index (χ4n) is 3.93. The maximum absolute atomic E-state index is 12.6. The van der Waals surface area contributed by atoms with Crippen molar-refractivity contribution in [2.75, 3.05) is 0 Å². The van der Waals surface area contributed by atoms with Crippen LogP contribution in [-0.4, -0.2) is 22.5 Å². The van der Waals surface area contributed by atoms with E-state index in [0.29, 0.717) is 11.1 Å². The van der Waals surface area contributed by atoms with Crippen LogP contribution in [0, 0.1) is 0 Å². The van der Waals surface area contributed by atoms with E-state index in [-0.39, 0.29) is 24.9 Å². The largest absolute Gasteiger partial charge is 0.452 e. The zero-order valence-electron chi connectivity index (χ0n) is 16.8. The number of para-hydroxylation sites is 2. The first kappa shape index (κ1) is 19.9. The summed E-state index contributed by atoms with van der Waals surface area (Å²) in [5.74, 6) is -1.39. The number of amides is 1. The van der Waals surface area contributed by atoms with Crippen molar-refractivity contribution in [1.29, 1.82) is 0 Å². The molecule has 0 bridgehead atoms. The Morgan fingerprint density at radius 1 is 1.20 bits per heavy atom. The fraction of sp³-hybridized carbons (Fsp3) is 0.348. The highest BCUT2D eigenvalue weighted by Gasteiger charge is 2.25. The van der Waals surface area contributed by atoms with E-state index in [2.05, 4.69) is 11.4 Å². The topological polar surface area (TPSA) is 90.5 Å². The smallest absolute Gasteiger partial charge is 0.419 e. The third kappa shape index (κ3) is 4.15. The van der Waals surface area contributed by atoms with Gasteiger partial charge in [-0.05, 0) is 49.4 Å². The average Bonchev–Trinajstić information content (AvgIpc) is 3.07. The van der Waals surface area contributed by atoms with Crippen LogP contribution in [0.5, 0.6) is 0 Å². The lowest BCUT2D eigenvalue weighted by Gasteiger charge is -2.27. The Hall–Kier alpha value is -3.35. The summed E-state index contributed by atoms with van der Waals surface area (Å²) in [5, 5.41) is 3.00. The lowest BCUT2D eigenvalue weighted by atomic mass is 9.87. The van der Waals surface area contributed by atoms with Crippen LogP contribution in [0.2, 0.25) is 0 Å². The number of carbonyl (C=O) groups is 2.